The minimum Gasteiger partial charge on any atom is -0.352 e. The molecule has 1 unspecified atom stereocenters. The Morgan fingerprint density at radius 1 is 1.02 bits per heavy atom. The maximum Gasteiger partial charge on any atom is 0.416 e. The smallest absolute Gasteiger partial charge is 0.352 e. The lowest BCUT2D eigenvalue weighted by Crippen LogP contribution is -2.52. The van der Waals surface area contributed by atoms with Crippen molar-refractivity contribution in [2.45, 2.75) is 76.6 Å². The first-order valence-electron chi connectivity index (χ1n) is 13.7. The average molecular weight is 582 g/mol. The third-order valence-electron chi connectivity index (χ3n) is 7.19. The molecule has 2 aromatic carbocycles. The van der Waals surface area contributed by atoms with Gasteiger partial charge in [0.2, 0.25) is 21.8 Å². The number of hydrogen-bond acceptors (Lipinski definition) is 4. The molecule has 1 saturated carbocycles. The first-order valence-corrected chi connectivity index (χ1v) is 15.5. The predicted molar refractivity (Wildman–Crippen MR) is 149 cm³/mol. The van der Waals surface area contributed by atoms with Gasteiger partial charge in [0.25, 0.3) is 0 Å². The van der Waals surface area contributed by atoms with E-state index in [2.05, 4.69) is 5.32 Å². The SMILES string of the molecule is CCC(C(=O)NC1CCCC1)N(CCc1ccccc1)C(=O)CCCN(c1cccc(C(F)(F)F)c1)S(C)(=O)=O. The zero-order valence-corrected chi connectivity index (χ0v) is 23.8. The number of anilines is 1. The molecule has 1 aliphatic carbocycles. The molecule has 0 heterocycles. The summed E-state index contributed by atoms with van der Waals surface area (Å²) in [7, 11) is -3.92. The number of halogens is 3. The number of benzene rings is 2. The van der Waals surface area contributed by atoms with E-state index in [1.54, 1.807) is 4.90 Å². The molecular formula is C29H38F3N3O4S. The summed E-state index contributed by atoms with van der Waals surface area (Å²) in [5.74, 6) is -0.501. The van der Waals surface area contributed by atoms with Gasteiger partial charge in [-0.25, -0.2) is 8.42 Å². The highest BCUT2D eigenvalue weighted by molar-refractivity contribution is 7.92. The molecule has 3 rings (SSSR count). The number of sulfonamides is 1. The fourth-order valence-electron chi connectivity index (χ4n) is 5.10. The molecule has 40 heavy (non-hydrogen) atoms. The topological polar surface area (TPSA) is 86.8 Å². The summed E-state index contributed by atoms with van der Waals surface area (Å²) in [6.07, 6.45) is 1.20. The Hall–Kier alpha value is -3.08. The zero-order chi connectivity index (χ0) is 29.3. The molecule has 11 heteroatoms. The van der Waals surface area contributed by atoms with Gasteiger partial charge in [-0.1, -0.05) is 56.2 Å². The van der Waals surface area contributed by atoms with Crippen LogP contribution in [-0.4, -0.2) is 56.6 Å². The molecule has 2 aromatic rings. The first-order chi connectivity index (χ1) is 18.9. The summed E-state index contributed by atoms with van der Waals surface area (Å²) >= 11 is 0. The van der Waals surface area contributed by atoms with E-state index in [0.29, 0.717) is 19.4 Å². The number of carbonyl (C=O) groups excluding carboxylic acids is 2. The summed E-state index contributed by atoms with van der Waals surface area (Å²) in [6.45, 7) is 1.98. The lowest BCUT2D eigenvalue weighted by molar-refractivity contribution is -0.141. The maximum absolute atomic E-state index is 13.5. The van der Waals surface area contributed by atoms with Crippen molar-refractivity contribution in [2.75, 3.05) is 23.7 Å². The normalized spacial score (nSPS) is 15.0. The van der Waals surface area contributed by atoms with E-state index in [-0.39, 0.29) is 42.9 Å². The summed E-state index contributed by atoms with van der Waals surface area (Å²) in [5.41, 5.74) is -0.0619. The standard InChI is InChI=1S/C29H38F3N3O4S/c1-3-26(28(37)33-24-14-7-8-15-24)34(20-18-22-11-5-4-6-12-22)27(36)17-10-19-35(40(2,38)39)25-16-9-13-23(21-25)29(30,31)32/h4-6,9,11-13,16,21,24,26H,3,7-8,10,14-15,17-20H2,1-2H3,(H,33,37). The van der Waals surface area contributed by atoms with Gasteiger partial charge in [0.1, 0.15) is 6.04 Å². The van der Waals surface area contributed by atoms with Gasteiger partial charge in [-0.05, 0) is 55.9 Å². The van der Waals surface area contributed by atoms with E-state index in [9.17, 15) is 31.2 Å². The molecule has 0 radical (unpaired) electrons. The van der Waals surface area contributed by atoms with Crippen LogP contribution in [0, 0.1) is 0 Å². The van der Waals surface area contributed by atoms with Crippen LogP contribution in [0.4, 0.5) is 18.9 Å². The number of nitrogens with zero attached hydrogens (tertiary/aromatic N) is 2. The lowest BCUT2D eigenvalue weighted by Gasteiger charge is -2.32. The van der Waals surface area contributed by atoms with Gasteiger partial charge >= 0.3 is 6.18 Å². The highest BCUT2D eigenvalue weighted by atomic mass is 32.2. The van der Waals surface area contributed by atoms with Crippen LogP contribution >= 0.6 is 0 Å². The third-order valence-corrected chi connectivity index (χ3v) is 8.38. The van der Waals surface area contributed by atoms with E-state index in [1.807, 2.05) is 37.3 Å². The van der Waals surface area contributed by atoms with E-state index < -0.39 is 27.8 Å². The Bertz CT molecular complexity index is 1230. The molecule has 0 spiro atoms. The maximum atomic E-state index is 13.5. The van der Waals surface area contributed by atoms with Gasteiger partial charge in [-0.15, -0.1) is 0 Å². The van der Waals surface area contributed by atoms with Crippen LogP contribution in [0.2, 0.25) is 0 Å². The number of alkyl halides is 3. The van der Waals surface area contributed by atoms with Crippen molar-refractivity contribution in [1.29, 1.82) is 0 Å². The van der Waals surface area contributed by atoms with Gasteiger partial charge in [0, 0.05) is 25.6 Å². The highest BCUT2D eigenvalue weighted by Crippen LogP contribution is 2.32. The predicted octanol–water partition coefficient (Wildman–Crippen LogP) is 5.16. The largest absolute Gasteiger partial charge is 0.416 e. The molecule has 0 saturated heterocycles. The monoisotopic (exact) mass is 581 g/mol. The molecule has 0 aliphatic heterocycles. The second kappa shape index (κ2) is 14.0. The second-order valence-electron chi connectivity index (χ2n) is 10.2. The molecule has 0 bridgehead atoms. The van der Waals surface area contributed by atoms with E-state index in [1.165, 1.54) is 6.07 Å². The Kier molecular flexibility index (Phi) is 11.0. The van der Waals surface area contributed by atoms with Crippen molar-refractivity contribution in [2.24, 2.45) is 0 Å². The number of carbonyl (C=O) groups is 2. The molecular weight excluding hydrogens is 543 g/mol. The number of hydrogen-bond donors (Lipinski definition) is 1. The lowest BCUT2D eigenvalue weighted by atomic mass is 10.1. The fourth-order valence-corrected chi connectivity index (χ4v) is 6.06. The number of rotatable bonds is 13. The van der Waals surface area contributed by atoms with Crippen molar-refractivity contribution in [3.8, 4) is 0 Å². The van der Waals surface area contributed by atoms with Crippen molar-refractivity contribution >= 4 is 27.5 Å². The van der Waals surface area contributed by atoms with Gasteiger partial charge < -0.3 is 10.2 Å². The van der Waals surface area contributed by atoms with Gasteiger partial charge in [-0.3, -0.25) is 13.9 Å². The van der Waals surface area contributed by atoms with E-state index in [4.69, 9.17) is 0 Å². The second-order valence-corrected chi connectivity index (χ2v) is 12.1. The van der Waals surface area contributed by atoms with Crippen molar-refractivity contribution in [1.82, 2.24) is 10.2 Å². The summed E-state index contributed by atoms with van der Waals surface area (Å²) in [4.78, 5) is 28.3. The molecule has 220 valence electrons. The first kappa shape index (κ1) is 31.4. The number of nitrogens with one attached hydrogen (secondary N) is 1. The highest BCUT2D eigenvalue weighted by Gasteiger charge is 2.32. The molecule has 1 fully saturated rings. The molecule has 1 aliphatic rings. The van der Waals surface area contributed by atoms with Gasteiger partial charge in [0.05, 0.1) is 17.5 Å². The fraction of sp³-hybridized carbons (Fsp3) is 0.517. The molecule has 1 N–H and O–H groups in total. The number of amides is 2. The minimum atomic E-state index is -4.62. The van der Waals surface area contributed by atoms with Crippen LogP contribution in [-0.2, 0) is 32.2 Å². The quantitative estimate of drug-likeness (QED) is 0.354. The van der Waals surface area contributed by atoms with Crippen LogP contribution in [0.15, 0.2) is 54.6 Å². The van der Waals surface area contributed by atoms with Crippen molar-refractivity contribution in [3.63, 3.8) is 0 Å². The Balaban J connectivity index is 1.74. The van der Waals surface area contributed by atoms with Gasteiger partial charge in [-0.2, -0.15) is 13.2 Å². The Morgan fingerprint density at radius 3 is 2.30 bits per heavy atom. The molecule has 1 atom stereocenters. The average Bonchev–Trinajstić information content (AvgIpc) is 3.41. The summed E-state index contributed by atoms with van der Waals surface area (Å²) in [6, 6.07) is 13.1. The summed E-state index contributed by atoms with van der Waals surface area (Å²) < 4.78 is 65.5. The van der Waals surface area contributed by atoms with E-state index in [0.717, 1.165) is 60.0 Å². The zero-order valence-electron chi connectivity index (χ0n) is 23.0. The van der Waals surface area contributed by atoms with Crippen LogP contribution in [0.3, 0.4) is 0 Å². The summed E-state index contributed by atoms with van der Waals surface area (Å²) in [5, 5.41) is 3.08. The van der Waals surface area contributed by atoms with E-state index >= 15 is 0 Å². The Morgan fingerprint density at radius 2 is 1.70 bits per heavy atom. The van der Waals surface area contributed by atoms with Crippen LogP contribution < -0.4 is 9.62 Å². The third kappa shape index (κ3) is 8.97. The minimum absolute atomic E-state index is 0.0625. The molecule has 2 amide bonds. The van der Waals surface area contributed by atoms with Crippen LogP contribution in [0.25, 0.3) is 0 Å². The molecule has 7 nitrogen and oxygen atoms in total. The van der Waals surface area contributed by atoms with Crippen LogP contribution in [0.5, 0.6) is 0 Å². The van der Waals surface area contributed by atoms with Crippen LogP contribution in [0.1, 0.15) is 63.0 Å². The Labute approximate surface area is 234 Å². The van der Waals surface area contributed by atoms with Gasteiger partial charge in [0.15, 0.2) is 0 Å². The van der Waals surface area contributed by atoms with Crippen molar-refractivity contribution in [3.05, 3.63) is 65.7 Å². The molecule has 0 aromatic heterocycles. The van der Waals surface area contributed by atoms with Crippen molar-refractivity contribution < 1.29 is 31.2 Å².